The zero-order chi connectivity index (χ0) is 25.8. The predicted octanol–water partition coefficient (Wildman–Crippen LogP) is 9.19. The summed E-state index contributed by atoms with van der Waals surface area (Å²) < 4.78 is 2.43. The standard InChI is InChI=1S/C37H36N2/c1-2-9-27(10-3-1)37-38-35-12-6-7-13-36(35)39(37)32-20-18-25(19-21-32)28-15-16-29-24-34-30(23-31(29)22-28)17-14-26-8-4-5-11-33(26)34/h1-4,7-10,13-14,17-18,20,22-23,29,33-34H,5-6,11-12,15-16,19,21,24H2. The normalized spacial score (nSPS) is 27.0. The number of hydrogen-bond donors (Lipinski definition) is 0. The second kappa shape index (κ2) is 9.52. The Morgan fingerprint density at radius 2 is 1.59 bits per heavy atom. The van der Waals surface area contributed by atoms with Crippen molar-refractivity contribution in [2.24, 2.45) is 17.8 Å². The van der Waals surface area contributed by atoms with Gasteiger partial charge in [-0.1, -0.05) is 78.9 Å². The van der Waals surface area contributed by atoms with Gasteiger partial charge in [0.2, 0.25) is 0 Å². The van der Waals surface area contributed by atoms with E-state index < -0.39 is 0 Å². The van der Waals surface area contributed by atoms with Gasteiger partial charge in [-0.25, -0.2) is 4.98 Å². The summed E-state index contributed by atoms with van der Waals surface area (Å²) >= 11 is 0. The molecule has 2 heteroatoms. The Morgan fingerprint density at radius 1 is 0.692 bits per heavy atom. The van der Waals surface area contributed by atoms with Crippen molar-refractivity contribution in [2.75, 3.05) is 0 Å². The van der Waals surface area contributed by atoms with Crippen LogP contribution in [0, 0.1) is 17.8 Å². The third-order valence-electron chi connectivity index (χ3n) is 9.88. The maximum absolute atomic E-state index is 5.13. The molecule has 2 nitrogen and oxygen atoms in total. The molecule has 2 aromatic rings. The maximum atomic E-state index is 5.13. The van der Waals surface area contributed by atoms with Crippen LogP contribution in [0.1, 0.15) is 62.8 Å². The van der Waals surface area contributed by atoms with Crippen LogP contribution in [0.15, 0.2) is 113 Å². The molecule has 194 valence electrons. The fourth-order valence-electron chi connectivity index (χ4n) is 7.85. The summed E-state index contributed by atoms with van der Waals surface area (Å²) in [6, 6.07) is 10.7. The van der Waals surface area contributed by atoms with Gasteiger partial charge in [0.05, 0.1) is 11.4 Å². The van der Waals surface area contributed by atoms with Gasteiger partial charge in [-0.2, -0.15) is 0 Å². The van der Waals surface area contributed by atoms with Crippen LogP contribution in [0.25, 0.3) is 23.2 Å². The first-order chi connectivity index (χ1) is 19.3. The van der Waals surface area contributed by atoms with Crippen molar-refractivity contribution < 1.29 is 0 Å². The zero-order valence-electron chi connectivity index (χ0n) is 22.7. The van der Waals surface area contributed by atoms with Crippen molar-refractivity contribution in [1.82, 2.24) is 9.55 Å². The maximum Gasteiger partial charge on any atom is 0.145 e. The molecule has 0 bridgehead atoms. The van der Waals surface area contributed by atoms with Crippen LogP contribution in [0.5, 0.6) is 0 Å². The van der Waals surface area contributed by atoms with Crippen molar-refractivity contribution in [1.29, 1.82) is 0 Å². The van der Waals surface area contributed by atoms with Gasteiger partial charge in [0, 0.05) is 11.3 Å². The third-order valence-corrected chi connectivity index (χ3v) is 9.88. The third kappa shape index (κ3) is 4.04. The lowest BCUT2D eigenvalue weighted by atomic mass is 9.64. The number of aromatic nitrogens is 2. The molecule has 0 radical (unpaired) electrons. The monoisotopic (exact) mass is 508 g/mol. The first-order valence-electron chi connectivity index (χ1n) is 15.1. The lowest BCUT2D eigenvalue weighted by Gasteiger charge is -2.41. The number of aryl methyl sites for hydroxylation is 1. The van der Waals surface area contributed by atoms with Crippen LogP contribution in [0.3, 0.4) is 0 Å². The quantitative estimate of drug-likeness (QED) is 0.404. The zero-order valence-corrected chi connectivity index (χ0v) is 22.7. The molecule has 1 aromatic carbocycles. The molecule has 0 aliphatic heterocycles. The summed E-state index contributed by atoms with van der Waals surface area (Å²) in [7, 11) is 0. The number of hydrogen-bond acceptors (Lipinski definition) is 1. The van der Waals surface area contributed by atoms with Gasteiger partial charge in [0.25, 0.3) is 0 Å². The highest BCUT2D eigenvalue weighted by Gasteiger charge is 2.36. The summed E-state index contributed by atoms with van der Waals surface area (Å²) in [4.78, 5) is 5.13. The van der Waals surface area contributed by atoms with Crippen molar-refractivity contribution in [3.05, 3.63) is 124 Å². The molecular formula is C37H36N2. The van der Waals surface area contributed by atoms with Gasteiger partial charge in [0.1, 0.15) is 5.82 Å². The molecule has 3 atom stereocenters. The van der Waals surface area contributed by atoms with E-state index in [1.807, 2.05) is 0 Å². The van der Waals surface area contributed by atoms with Crippen LogP contribution < -0.4 is 0 Å². The summed E-state index contributed by atoms with van der Waals surface area (Å²) in [6.07, 6.45) is 34.7. The Bertz CT molecular complexity index is 1580. The molecular weight excluding hydrogens is 472 g/mol. The minimum atomic E-state index is 0.729. The second-order valence-electron chi connectivity index (χ2n) is 12.1. The van der Waals surface area contributed by atoms with E-state index in [1.54, 1.807) is 22.3 Å². The molecule has 6 aliphatic carbocycles. The molecule has 0 spiro atoms. The summed E-state index contributed by atoms with van der Waals surface area (Å²) in [5.41, 5.74) is 12.9. The molecule has 1 aromatic heterocycles. The fourth-order valence-corrected chi connectivity index (χ4v) is 7.85. The number of imidazole rings is 1. The van der Waals surface area contributed by atoms with Gasteiger partial charge < -0.3 is 0 Å². The Labute approximate surface area is 232 Å². The van der Waals surface area contributed by atoms with Gasteiger partial charge in [-0.15, -0.1) is 0 Å². The van der Waals surface area contributed by atoms with Crippen molar-refractivity contribution in [3.63, 3.8) is 0 Å². The minimum Gasteiger partial charge on any atom is -0.296 e. The number of fused-ring (bicyclic) bond motifs is 5. The lowest BCUT2D eigenvalue weighted by molar-refractivity contribution is 0.321. The Balaban J connectivity index is 1.11. The van der Waals surface area contributed by atoms with E-state index in [1.165, 1.54) is 60.3 Å². The van der Waals surface area contributed by atoms with Crippen LogP contribution in [-0.4, -0.2) is 9.55 Å². The molecule has 0 amide bonds. The Morgan fingerprint density at radius 3 is 2.49 bits per heavy atom. The molecule has 3 unspecified atom stereocenters. The van der Waals surface area contributed by atoms with E-state index in [4.69, 9.17) is 4.98 Å². The number of allylic oxidation sites excluding steroid dienone is 15. The Hall–Kier alpha value is -3.65. The highest BCUT2D eigenvalue weighted by Crippen LogP contribution is 2.49. The largest absolute Gasteiger partial charge is 0.296 e. The van der Waals surface area contributed by atoms with Crippen LogP contribution in [0.4, 0.5) is 0 Å². The summed E-state index contributed by atoms with van der Waals surface area (Å²) in [5, 5.41) is 0. The first kappa shape index (κ1) is 23.3. The molecule has 8 rings (SSSR count). The average molecular weight is 509 g/mol. The van der Waals surface area contributed by atoms with E-state index in [9.17, 15) is 0 Å². The highest BCUT2D eigenvalue weighted by molar-refractivity contribution is 5.71. The average Bonchev–Trinajstić information content (AvgIpc) is 3.40. The van der Waals surface area contributed by atoms with Crippen LogP contribution in [-0.2, 0) is 6.42 Å². The molecule has 0 fully saturated rings. The molecule has 1 heterocycles. The van der Waals surface area contributed by atoms with Gasteiger partial charge in [0.15, 0.2) is 0 Å². The Kier molecular flexibility index (Phi) is 5.68. The van der Waals surface area contributed by atoms with E-state index >= 15 is 0 Å². The lowest BCUT2D eigenvalue weighted by Crippen LogP contribution is -2.29. The molecule has 0 saturated heterocycles. The van der Waals surface area contributed by atoms with Crippen molar-refractivity contribution in [2.45, 2.75) is 57.8 Å². The molecule has 0 saturated carbocycles. The van der Waals surface area contributed by atoms with Crippen molar-refractivity contribution >= 4 is 11.8 Å². The number of nitrogens with zero attached hydrogens (tertiary/aromatic N) is 2. The summed E-state index contributed by atoms with van der Waals surface area (Å²) in [5.74, 6) is 3.29. The first-order valence-corrected chi connectivity index (χ1v) is 15.1. The summed E-state index contributed by atoms with van der Waals surface area (Å²) in [6.45, 7) is 0. The number of benzene rings is 1. The highest BCUT2D eigenvalue weighted by atomic mass is 15.1. The topological polar surface area (TPSA) is 17.8 Å². The van der Waals surface area contributed by atoms with Crippen LogP contribution >= 0.6 is 0 Å². The van der Waals surface area contributed by atoms with Gasteiger partial charge in [-0.3, -0.25) is 4.57 Å². The van der Waals surface area contributed by atoms with E-state index in [0.717, 1.165) is 49.3 Å². The molecule has 39 heavy (non-hydrogen) atoms. The smallest absolute Gasteiger partial charge is 0.145 e. The van der Waals surface area contributed by atoms with Gasteiger partial charge in [-0.05, 0) is 116 Å². The molecule has 0 N–H and O–H groups in total. The minimum absolute atomic E-state index is 0.729. The van der Waals surface area contributed by atoms with Crippen molar-refractivity contribution in [3.8, 4) is 11.4 Å². The van der Waals surface area contributed by atoms with Crippen LogP contribution in [0.2, 0.25) is 0 Å². The SMILES string of the molecule is C1=Cc2c(nc(-c3ccccc3)n2C2=CC=C(C3=CC4=CC5=CC=C6C=CCCC6C5CC4CC3)CC2)CC1. The van der Waals surface area contributed by atoms with E-state index in [-0.39, 0.29) is 0 Å². The second-order valence-corrected chi connectivity index (χ2v) is 12.1. The number of rotatable bonds is 3. The fraction of sp³-hybridized carbons (Fsp3) is 0.324. The van der Waals surface area contributed by atoms with Gasteiger partial charge >= 0.3 is 0 Å². The molecule has 6 aliphatic rings. The predicted molar refractivity (Wildman–Crippen MR) is 162 cm³/mol. The van der Waals surface area contributed by atoms with E-state index in [0.29, 0.717) is 0 Å². The van der Waals surface area contributed by atoms with E-state index in [2.05, 4.69) is 95.7 Å².